The number of nitrogens with one attached hydrogen (secondary N) is 1. The van der Waals surface area contributed by atoms with Gasteiger partial charge in [0.2, 0.25) is 10.0 Å². The summed E-state index contributed by atoms with van der Waals surface area (Å²) in [5.41, 5.74) is 1.78. The van der Waals surface area contributed by atoms with Crippen molar-refractivity contribution in [3.05, 3.63) is 91.9 Å². The first-order valence-corrected chi connectivity index (χ1v) is 12.2. The molecule has 0 heterocycles. The Hall–Kier alpha value is -1.96. The van der Waals surface area contributed by atoms with Crippen LogP contribution in [0.3, 0.4) is 0 Å². The van der Waals surface area contributed by atoms with Crippen LogP contribution in [0.2, 0.25) is 20.1 Å². The summed E-state index contributed by atoms with van der Waals surface area (Å²) < 4.78 is 25.9. The predicted octanol–water partition coefficient (Wildman–Crippen LogP) is 6.52. The summed E-state index contributed by atoms with van der Waals surface area (Å²) >= 11 is 24.2. The number of benzene rings is 3. The summed E-state index contributed by atoms with van der Waals surface area (Å²) in [7, 11) is -3.64. The first kappa shape index (κ1) is 23.7. The molecule has 3 rings (SSSR count). The first-order valence-electron chi connectivity index (χ1n) is 8.83. The van der Waals surface area contributed by atoms with E-state index in [0.29, 0.717) is 26.9 Å². The van der Waals surface area contributed by atoms with E-state index in [1.807, 2.05) is 0 Å². The molecule has 0 unspecified atom stereocenters. The molecule has 31 heavy (non-hydrogen) atoms. The second-order valence-corrected chi connectivity index (χ2v) is 10.2. The summed E-state index contributed by atoms with van der Waals surface area (Å²) in [6, 6.07) is 16.0. The fourth-order valence-electron chi connectivity index (χ4n) is 2.82. The van der Waals surface area contributed by atoms with E-state index < -0.39 is 10.0 Å². The summed E-state index contributed by atoms with van der Waals surface area (Å²) in [5.74, 6) is -0.359. The molecule has 0 fully saturated rings. The molecule has 0 spiro atoms. The number of nitrogens with zero attached hydrogens (tertiary/aromatic N) is 1. The highest BCUT2D eigenvalue weighted by molar-refractivity contribution is 7.92. The lowest BCUT2D eigenvalue weighted by atomic mass is 10.1. The van der Waals surface area contributed by atoms with Crippen molar-refractivity contribution < 1.29 is 13.2 Å². The smallest absolute Gasteiger partial charge is 0.255 e. The SMILES string of the molecule is CS(=O)(=O)N(Cc1ccc(C(=O)Nc2cc(Cl)cc(Cl)c2)cc1)c1cccc(Cl)c1Cl. The predicted molar refractivity (Wildman–Crippen MR) is 128 cm³/mol. The van der Waals surface area contributed by atoms with Crippen LogP contribution in [0.1, 0.15) is 15.9 Å². The van der Waals surface area contributed by atoms with Crippen molar-refractivity contribution in [3.63, 3.8) is 0 Å². The average molecular weight is 518 g/mol. The van der Waals surface area contributed by atoms with E-state index in [2.05, 4.69) is 5.32 Å². The number of hydrogen-bond donors (Lipinski definition) is 1. The average Bonchev–Trinajstić information content (AvgIpc) is 2.67. The monoisotopic (exact) mass is 516 g/mol. The quantitative estimate of drug-likeness (QED) is 0.404. The number of anilines is 2. The van der Waals surface area contributed by atoms with Crippen LogP contribution in [0.4, 0.5) is 11.4 Å². The maximum Gasteiger partial charge on any atom is 0.255 e. The Balaban J connectivity index is 1.81. The van der Waals surface area contributed by atoms with Crippen molar-refractivity contribution in [3.8, 4) is 0 Å². The fourth-order valence-corrected chi connectivity index (χ4v) is 4.69. The van der Waals surface area contributed by atoms with Gasteiger partial charge >= 0.3 is 0 Å². The zero-order valence-corrected chi connectivity index (χ0v) is 19.9. The van der Waals surface area contributed by atoms with E-state index in [1.165, 1.54) is 0 Å². The molecule has 10 heteroatoms. The van der Waals surface area contributed by atoms with Crippen molar-refractivity contribution in [1.82, 2.24) is 0 Å². The lowest BCUT2D eigenvalue weighted by Gasteiger charge is -2.24. The third kappa shape index (κ3) is 6.05. The molecule has 1 amide bonds. The first-order chi connectivity index (χ1) is 14.5. The summed E-state index contributed by atoms with van der Waals surface area (Å²) in [4.78, 5) is 12.5. The molecule has 162 valence electrons. The Morgan fingerprint density at radius 2 is 1.55 bits per heavy atom. The van der Waals surface area contributed by atoms with Crippen LogP contribution in [0.15, 0.2) is 60.7 Å². The summed E-state index contributed by atoms with van der Waals surface area (Å²) in [6.45, 7) is 0.0185. The summed E-state index contributed by atoms with van der Waals surface area (Å²) in [6.07, 6.45) is 1.09. The maximum absolute atomic E-state index is 12.5. The van der Waals surface area contributed by atoms with Gasteiger partial charge in [0, 0.05) is 21.3 Å². The minimum absolute atomic E-state index is 0.0185. The van der Waals surface area contributed by atoms with Gasteiger partial charge in [-0.2, -0.15) is 0 Å². The highest BCUT2D eigenvalue weighted by Crippen LogP contribution is 2.34. The lowest BCUT2D eigenvalue weighted by Crippen LogP contribution is -2.29. The van der Waals surface area contributed by atoms with Gasteiger partial charge in [0.05, 0.1) is 28.5 Å². The molecule has 0 saturated heterocycles. The van der Waals surface area contributed by atoms with Crippen LogP contribution in [0.5, 0.6) is 0 Å². The van der Waals surface area contributed by atoms with Gasteiger partial charge in [-0.3, -0.25) is 9.10 Å². The second kappa shape index (κ2) is 9.67. The van der Waals surface area contributed by atoms with Crippen molar-refractivity contribution in [2.24, 2.45) is 0 Å². The fraction of sp³-hybridized carbons (Fsp3) is 0.0952. The third-order valence-electron chi connectivity index (χ3n) is 4.26. The highest BCUT2D eigenvalue weighted by atomic mass is 35.5. The standard InChI is InChI=1S/C21H16Cl4N2O3S/c1-31(29,30)27(19-4-2-3-18(24)20(19)25)12-13-5-7-14(8-6-13)21(28)26-17-10-15(22)9-16(23)11-17/h2-11H,12H2,1H3,(H,26,28). The molecular weight excluding hydrogens is 502 g/mol. The van der Waals surface area contributed by atoms with Crippen molar-refractivity contribution >= 4 is 73.7 Å². The van der Waals surface area contributed by atoms with Crippen molar-refractivity contribution in [2.45, 2.75) is 6.54 Å². The molecule has 0 aliphatic heterocycles. The molecule has 0 aromatic heterocycles. The zero-order chi connectivity index (χ0) is 22.8. The normalized spacial score (nSPS) is 11.3. The molecule has 0 bridgehead atoms. The largest absolute Gasteiger partial charge is 0.322 e. The van der Waals surface area contributed by atoms with E-state index in [4.69, 9.17) is 46.4 Å². The van der Waals surface area contributed by atoms with Gasteiger partial charge in [0.15, 0.2) is 0 Å². The number of carbonyl (C=O) groups excluding carboxylic acids is 1. The van der Waals surface area contributed by atoms with E-state index in [1.54, 1.807) is 60.7 Å². The van der Waals surface area contributed by atoms with Crippen molar-refractivity contribution in [1.29, 1.82) is 0 Å². The van der Waals surface area contributed by atoms with Gasteiger partial charge < -0.3 is 5.32 Å². The molecule has 1 N–H and O–H groups in total. The van der Waals surface area contributed by atoms with E-state index in [-0.39, 0.29) is 28.2 Å². The molecule has 0 aliphatic carbocycles. The van der Waals surface area contributed by atoms with Crippen molar-refractivity contribution in [2.75, 3.05) is 15.9 Å². The number of rotatable bonds is 6. The van der Waals surface area contributed by atoms with Crippen LogP contribution >= 0.6 is 46.4 Å². The van der Waals surface area contributed by atoms with Crippen LogP contribution in [0, 0.1) is 0 Å². The third-order valence-corrected chi connectivity index (χ3v) is 6.63. The molecule has 0 aliphatic rings. The van der Waals surface area contributed by atoms with Gasteiger partial charge in [-0.25, -0.2) is 8.42 Å². The van der Waals surface area contributed by atoms with E-state index in [9.17, 15) is 13.2 Å². The van der Waals surface area contributed by atoms with Crippen LogP contribution in [-0.4, -0.2) is 20.6 Å². The van der Waals surface area contributed by atoms with Gasteiger partial charge in [0.25, 0.3) is 5.91 Å². The molecule has 0 atom stereocenters. The Labute approximate surface area is 200 Å². The second-order valence-electron chi connectivity index (χ2n) is 6.65. The van der Waals surface area contributed by atoms with Gasteiger partial charge in [-0.15, -0.1) is 0 Å². The van der Waals surface area contributed by atoms with Crippen LogP contribution < -0.4 is 9.62 Å². The van der Waals surface area contributed by atoms with E-state index in [0.717, 1.165) is 10.6 Å². The lowest BCUT2D eigenvalue weighted by molar-refractivity contribution is 0.102. The van der Waals surface area contributed by atoms with Crippen LogP contribution in [0.25, 0.3) is 0 Å². The molecule has 3 aromatic rings. The molecule has 0 radical (unpaired) electrons. The van der Waals surface area contributed by atoms with Crippen LogP contribution in [-0.2, 0) is 16.6 Å². The number of carbonyl (C=O) groups is 1. The number of hydrogen-bond acceptors (Lipinski definition) is 3. The molecule has 3 aromatic carbocycles. The Kier molecular flexibility index (Phi) is 7.39. The highest BCUT2D eigenvalue weighted by Gasteiger charge is 2.21. The van der Waals surface area contributed by atoms with Gasteiger partial charge in [-0.05, 0) is 48.0 Å². The number of amides is 1. The Morgan fingerprint density at radius 3 is 2.13 bits per heavy atom. The minimum Gasteiger partial charge on any atom is -0.322 e. The molecular formula is C21H16Cl4N2O3S. The van der Waals surface area contributed by atoms with E-state index >= 15 is 0 Å². The van der Waals surface area contributed by atoms with Gasteiger partial charge in [0.1, 0.15) is 0 Å². The Morgan fingerprint density at radius 1 is 0.935 bits per heavy atom. The maximum atomic E-state index is 12.5. The molecule has 0 saturated carbocycles. The zero-order valence-electron chi connectivity index (χ0n) is 16.1. The number of halogens is 4. The molecule has 5 nitrogen and oxygen atoms in total. The number of sulfonamides is 1. The minimum atomic E-state index is -3.64. The van der Waals surface area contributed by atoms with Gasteiger partial charge in [-0.1, -0.05) is 64.6 Å². The Bertz CT molecular complexity index is 1210. The summed E-state index contributed by atoms with van der Waals surface area (Å²) in [5, 5.41) is 3.92. The topological polar surface area (TPSA) is 66.5 Å².